The molecule has 2 aromatic rings. The van der Waals surface area contributed by atoms with E-state index in [-0.39, 0.29) is 11.9 Å². The molecule has 1 saturated carbocycles. The number of carbonyl (C=O) groups is 1. The first-order valence-electron chi connectivity index (χ1n) is 8.41. The van der Waals surface area contributed by atoms with Crippen LogP contribution in [-0.2, 0) is 6.42 Å². The van der Waals surface area contributed by atoms with Crippen molar-refractivity contribution in [2.45, 2.75) is 44.2 Å². The number of aliphatic hydroxyl groups excluding tert-OH is 1. The van der Waals surface area contributed by atoms with Crippen LogP contribution >= 0.6 is 11.3 Å². The summed E-state index contributed by atoms with van der Waals surface area (Å²) in [5.41, 5.74) is 2.21. The standard InChI is InChI=1S/C18H20N2O3S/c21-14-4-2-1-3-13(14)20-17(22)16-10-19-18(24-16)12-5-6-15-11(9-12)7-8-23-15/h5-6,9-10,13-14,21H,1-4,7-8H2,(H,20,22). The van der Waals surface area contributed by atoms with Gasteiger partial charge in [0.1, 0.15) is 15.6 Å². The SMILES string of the molecule is O=C(NC1CCCCC1O)c1cnc(-c2ccc3c(c2)CCO3)s1. The van der Waals surface area contributed by atoms with Crippen LogP contribution in [0.4, 0.5) is 0 Å². The first kappa shape index (κ1) is 15.6. The predicted octanol–water partition coefficient (Wildman–Crippen LogP) is 2.78. The Hall–Kier alpha value is -1.92. The molecule has 1 fully saturated rings. The number of nitrogens with one attached hydrogen (secondary N) is 1. The maximum atomic E-state index is 12.4. The van der Waals surface area contributed by atoms with Crippen molar-refractivity contribution in [3.63, 3.8) is 0 Å². The average molecular weight is 344 g/mol. The van der Waals surface area contributed by atoms with E-state index < -0.39 is 6.10 Å². The molecule has 2 unspecified atom stereocenters. The Balaban J connectivity index is 1.49. The summed E-state index contributed by atoms with van der Waals surface area (Å²) in [6.07, 6.45) is 5.77. The highest BCUT2D eigenvalue weighted by atomic mass is 32.1. The fraction of sp³-hybridized carbons (Fsp3) is 0.444. The molecule has 0 radical (unpaired) electrons. The van der Waals surface area contributed by atoms with Crippen molar-refractivity contribution in [1.29, 1.82) is 0 Å². The second kappa shape index (κ2) is 6.53. The summed E-state index contributed by atoms with van der Waals surface area (Å²) in [5.74, 6) is 0.800. The number of aromatic nitrogens is 1. The number of rotatable bonds is 3. The zero-order valence-electron chi connectivity index (χ0n) is 13.3. The van der Waals surface area contributed by atoms with Gasteiger partial charge in [0.25, 0.3) is 5.91 Å². The number of benzene rings is 1. The minimum absolute atomic E-state index is 0.144. The minimum atomic E-state index is -0.438. The number of amides is 1. The van der Waals surface area contributed by atoms with E-state index in [1.54, 1.807) is 6.20 Å². The molecule has 1 aromatic carbocycles. The fourth-order valence-corrected chi connectivity index (χ4v) is 4.17. The topological polar surface area (TPSA) is 71.5 Å². The number of thiazole rings is 1. The number of aliphatic hydroxyl groups is 1. The van der Waals surface area contributed by atoms with Crippen molar-refractivity contribution in [3.8, 4) is 16.3 Å². The third-order valence-electron chi connectivity index (χ3n) is 4.71. The van der Waals surface area contributed by atoms with Gasteiger partial charge in [0.05, 0.1) is 24.9 Å². The molecule has 24 heavy (non-hydrogen) atoms. The molecule has 1 amide bonds. The van der Waals surface area contributed by atoms with E-state index in [1.807, 2.05) is 12.1 Å². The molecule has 2 atom stereocenters. The van der Waals surface area contributed by atoms with Crippen molar-refractivity contribution >= 4 is 17.2 Å². The molecule has 126 valence electrons. The van der Waals surface area contributed by atoms with Gasteiger partial charge in [-0.25, -0.2) is 4.98 Å². The molecule has 5 nitrogen and oxygen atoms in total. The van der Waals surface area contributed by atoms with Gasteiger partial charge in [0.2, 0.25) is 0 Å². The van der Waals surface area contributed by atoms with Crippen LogP contribution in [0.2, 0.25) is 0 Å². The van der Waals surface area contributed by atoms with Gasteiger partial charge in [-0.1, -0.05) is 12.8 Å². The number of hydrogen-bond acceptors (Lipinski definition) is 5. The van der Waals surface area contributed by atoms with Crippen LogP contribution in [0.25, 0.3) is 10.6 Å². The molecule has 6 heteroatoms. The Kier molecular flexibility index (Phi) is 4.24. The molecule has 0 bridgehead atoms. The number of hydrogen-bond donors (Lipinski definition) is 2. The van der Waals surface area contributed by atoms with Gasteiger partial charge in [-0.3, -0.25) is 4.79 Å². The zero-order valence-corrected chi connectivity index (χ0v) is 14.1. The Labute approximate surface area is 144 Å². The van der Waals surface area contributed by atoms with Crippen LogP contribution in [-0.4, -0.2) is 34.8 Å². The fourth-order valence-electron chi connectivity index (χ4n) is 3.35. The van der Waals surface area contributed by atoms with Crippen LogP contribution in [0.15, 0.2) is 24.4 Å². The van der Waals surface area contributed by atoms with E-state index in [2.05, 4.69) is 16.4 Å². The second-order valence-corrected chi connectivity index (χ2v) is 7.41. The number of carbonyl (C=O) groups excluding carboxylic acids is 1. The lowest BCUT2D eigenvalue weighted by molar-refractivity contribution is 0.0720. The Bertz CT molecular complexity index is 758. The summed E-state index contributed by atoms with van der Waals surface area (Å²) < 4.78 is 5.52. The van der Waals surface area contributed by atoms with Gasteiger partial charge in [0.15, 0.2) is 0 Å². The van der Waals surface area contributed by atoms with E-state index in [9.17, 15) is 9.90 Å². The summed E-state index contributed by atoms with van der Waals surface area (Å²) in [6.45, 7) is 0.730. The van der Waals surface area contributed by atoms with Gasteiger partial charge in [-0.05, 0) is 36.6 Å². The number of nitrogens with zero attached hydrogens (tertiary/aromatic N) is 1. The van der Waals surface area contributed by atoms with Crippen molar-refractivity contribution in [2.24, 2.45) is 0 Å². The predicted molar refractivity (Wildman–Crippen MR) is 92.5 cm³/mol. The van der Waals surface area contributed by atoms with E-state index >= 15 is 0 Å². The summed E-state index contributed by atoms with van der Waals surface area (Å²) in [6, 6.07) is 5.90. The highest BCUT2D eigenvalue weighted by Gasteiger charge is 2.25. The molecular weight excluding hydrogens is 324 g/mol. The van der Waals surface area contributed by atoms with Crippen LogP contribution in [0.1, 0.15) is 40.9 Å². The first-order valence-corrected chi connectivity index (χ1v) is 9.23. The highest BCUT2D eigenvalue weighted by molar-refractivity contribution is 7.16. The molecule has 0 spiro atoms. The Morgan fingerprint density at radius 3 is 3.08 bits per heavy atom. The van der Waals surface area contributed by atoms with Crippen molar-refractivity contribution in [3.05, 3.63) is 34.8 Å². The monoisotopic (exact) mass is 344 g/mol. The largest absolute Gasteiger partial charge is 0.493 e. The van der Waals surface area contributed by atoms with Crippen LogP contribution < -0.4 is 10.1 Å². The lowest BCUT2D eigenvalue weighted by atomic mass is 9.92. The number of fused-ring (bicyclic) bond motifs is 1. The molecule has 1 aliphatic heterocycles. The normalized spacial score (nSPS) is 22.7. The first-order chi connectivity index (χ1) is 11.7. The second-order valence-electron chi connectivity index (χ2n) is 6.38. The maximum absolute atomic E-state index is 12.4. The molecular formula is C18H20N2O3S. The van der Waals surface area contributed by atoms with Gasteiger partial charge < -0.3 is 15.2 Å². The summed E-state index contributed by atoms with van der Waals surface area (Å²) in [7, 11) is 0. The van der Waals surface area contributed by atoms with Gasteiger partial charge >= 0.3 is 0 Å². The smallest absolute Gasteiger partial charge is 0.263 e. The third-order valence-corrected chi connectivity index (χ3v) is 5.76. The average Bonchev–Trinajstić information content (AvgIpc) is 3.25. The van der Waals surface area contributed by atoms with E-state index in [1.165, 1.54) is 16.9 Å². The molecule has 2 aliphatic rings. The molecule has 4 rings (SSSR count). The Morgan fingerprint density at radius 1 is 1.33 bits per heavy atom. The summed E-state index contributed by atoms with van der Waals surface area (Å²) in [4.78, 5) is 17.4. The number of ether oxygens (including phenoxy) is 1. The van der Waals surface area contributed by atoms with E-state index in [0.717, 1.165) is 55.0 Å². The van der Waals surface area contributed by atoms with E-state index in [4.69, 9.17) is 4.74 Å². The lowest BCUT2D eigenvalue weighted by Gasteiger charge is -2.28. The zero-order chi connectivity index (χ0) is 16.5. The molecule has 2 N–H and O–H groups in total. The molecule has 2 heterocycles. The lowest BCUT2D eigenvalue weighted by Crippen LogP contribution is -2.44. The van der Waals surface area contributed by atoms with Gasteiger partial charge in [0, 0.05) is 12.0 Å². The minimum Gasteiger partial charge on any atom is -0.493 e. The highest BCUT2D eigenvalue weighted by Crippen LogP contribution is 2.32. The molecule has 1 aromatic heterocycles. The maximum Gasteiger partial charge on any atom is 0.263 e. The van der Waals surface area contributed by atoms with Crippen LogP contribution in [0, 0.1) is 0 Å². The van der Waals surface area contributed by atoms with Gasteiger partial charge in [-0.2, -0.15) is 0 Å². The van der Waals surface area contributed by atoms with E-state index in [0.29, 0.717) is 4.88 Å². The van der Waals surface area contributed by atoms with Crippen molar-refractivity contribution in [1.82, 2.24) is 10.3 Å². The van der Waals surface area contributed by atoms with Crippen LogP contribution in [0.5, 0.6) is 5.75 Å². The quantitative estimate of drug-likeness (QED) is 0.898. The van der Waals surface area contributed by atoms with Crippen LogP contribution in [0.3, 0.4) is 0 Å². The van der Waals surface area contributed by atoms with Crippen molar-refractivity contribution < 1.29 is 14.6 Å². The third kappa shape index (κ3) is 3.03. The molecule has 1 aliphatic carbocycles. The summed E-state index contributed by atoms with van der Waals surface area (Å²) >= 11 is 1.38. The summed E-state index contributed by atoms with van der Waals surface area (Å²) in [5, 5.41) is 13.8. The van der Waals surface area contributed by atoms with Crippen molar-refractivity contribution in [2.75, 3.05) is 6.61 Å². The Morgan fingerprint density at radius 2 is 2.21 bits per heavy atom. The molecule has 0 saturated heterocycles. The van der Waals surface area contributed by atoms with Gasteiger partial charge in [-0.15, -0.1) is 11.3 Å².